The van der Waals surface area contributed by atoms with Crippen molar-refractivity contribution >= 4 is 72.4 Å². The van der Waals surface area contributed by atoms with Crippen LogP contribution in [0.2, 0.25) is 0 Å². The van der Waals surface area contributed by atoms with Gasteiger partial charge in [-0.3, -0.25) is 4.57 Å². The van der Waals surface area contributed by atoms with Crippen molar-refractivity contribution in [2.45, 2.75) is 25.7 Å². The van der Waals surface area contributed by atoms with E-state index in [0.717, 1.165) is 59.8 Å². The van der Waals surface area contributed by atoms with E-state index >= 15 is 0 Å². The van der Waals surface area contributed by atoms with Crippen LogP contribution in [0, 0.1) is 0 Å². The van der Waals surface area contributed by atoms with Crippen molar-refractivity contribution in [3.05, 3.63) is 199 Å². The Morgan fingerprint density at radius 1 is 0.400 bits per heavy atom. The van der Waals surface area contributed by atoms with Crippen LogP contribution in [0.1, 0.15) is 35.5 Å². The largest absolute Gasteiger partial charge is 0.313 e. The van der Waals surface area contributed by atoms with Crippen LogP contribution in [-0.4, -0.2) is 23.3 Å². The lowest BCUT2D eigenvalue weighted by Gasteiger charge is -2.19. The van der Waals surface area contributed by atoms with Gasteiger partial charge in [-0.1, -0.05) is 109 Å². The maximum Gasteiger partial charge on any atom is 0.145 e. The maximum atomic E-state index is 5.33. The van der Waals surface area contributed by atoms with Gasteiger partial charge in [0.05, 0.1) is 39.0 Å². The zero-order chi connectivity index (χ0) is 39.3. The molecule has 0 saturated heterocycles. The molecule has 2 aliphatic rings. The molecule has 0 saturated carbocycles. The monoisotopic (exact) mass is 769 g/mol. The van der Waals surface area contributed by atoms with Gasteiger partial charge in [0.15, 0.2) is 0 Å². The molecule has 0 fully saturated rings. The molecule has 0 N–H and O–H groups in total. The summed E-state index contributed by atoms with van der Waals surface area (Å²) in [4.78, 5) is 5.33. The van der Waals surface area contributed by atoms with Crippen molar-refractivity contribution in [2.24, 2.45) is 0 Å². The van der Waals surface area contributed by atoms with Crippen LogP contribution in [0.5, 0.6) is 0 Å². The lowest BCUT2D eigenvalue weighted by Crippen LogP contribution is -2.07. The average molecular weight is 770 g/mol. The first kappa shape index (κ1) is 33.4. The first-order chi connectivity index (χ1) is 29.8. The molecule has 0 atom stereocenters. The van der Waals surface area contributed by atoms with E-state index in [9.17, 15) is 0 Å². The molecule has 0 unspecified atom stereocenters. The minimum atomic E-state index is 0.855. The van der Waals surface area contributed by atoms with Gasteiger partial charge < -0.3 is 13.7 Å². The number of allylic oxidation sites excluding steroid dienone is 2. The van der Waals surface area contributed by atoms with Crippen LogP contribution < -0.4 is 0 Å². The Kier molecular flexibility index (Phi) is 7.19. The van der Waals surface area contributed by atoms with Crippen LogP contribution in [0.4, 0.5) is 0 Å². The van der Waals surface area contributed by atoms with Gasteiger partial charge in [0.25, 0.3) is 0 Å². The maximum absolute atomic E-state index is 5.33. The lowest BCUT2D eigenvalue weighted by atomic mass is 10.0. The zero-order valence-corrected chi connectivity index (χ0v) is 33.0. The number of hydrogen-bond donors (Lipinski definition) is 0. The molecule has 0 aliphatic heterocycles. The first-order valence-electron chi connectivity index (χ1n) is 21.1. The Morgan fingerprint density at radius 3 is 1.65 bits per heavy atom. The standard InChI is InChI=1S/C55H39N5/c1-3-15-36(16-4-1)55-56-47-30-27-40(35-54(47)60(55)37-17-5-2-6-18-37)59-52-31-28-38(57-48-23-11-7-19-41(48)42-20-8-12-24-49(42)57)33-45(52)46-34-39(29-32-53(46)59)58-50-25-13-9-21-43(50)44-22-10-14-26-51(44)58/h1-9,11-21,23-26,28-29,31-35H,10,22,27,30H2. The van der Waals surface area contributed by atoms with E-state index in [4.69, 9.17) is 4.98 Å². The number of nitrogens with zero attached hydrogens (tertiary/aromatic N) is 5. The van der Waals surface area contributed by atoms with Gasteiger partial charge in [-0.25, -0.2) is 4.98 Å². The Bertz CT molecular complexity index is 3530. The van der Waals surface area contributed by atoms with Gasteiger partial charge in [-0.15, -0.1) is 0 Å². The molecule has 4 aromatic heterocycles. The predicted molar refractivity (Wildman–Crippen MR) is 249 cm³/mol. The minimum Gasteiger partial charge on any atom is -0.313 e. The molecule has 4 heterocycles. The summed E-state index contributed by atoms with van der Waals surface area (Å²) in [5.74, 6) is 0.975. The summed E-state index contributed by atoms with van der Waals surface area (Å²) in [6, 6.07) is 62.0. The SMILES string of the molecule is C1=Cc2c(c3ccccc3n2-c2ccc3c(c2)c2cc(-n4c5ccccc5c5ccccc54)ccc2n3C2=Cc3c(nc(-c4ccccc4)n3-c3ccccc3)CC2)CC1. The first-order valence-corrected chi connectivity index (χ1v) is 21.1. The Hall–Kier alpha value is -7.63. The third-order valence-corrected chi connectivity index (χ3v) is 12.9. The lowest BCUT2D eigenvalue weighted by molar-refractivity contribution is 0.910. The van der Waals surface area contributed by atoms with Crippen LogP contribution >= 0.6 is 0 Å². The van der Waals surface area contributed by atoms with Crippen molar-refractivity contribution in [2.75, 3.05) is 0 Å². The molecule has 13 rings (SSSR count). The second-order valence-corrected chi connectivity index (χ2v) is 16.2. The molecule has 2 aliphatic carbocycles. The third kappa shape index (κ3) is 4.83. The van der Waals surface area contributed by atoms with E-state index in [2.05, 4.69) is 206 Å². The molecule has 0 radical (unpaired) electrons. The second-order valence-electron chi connectivity index (χ2n) is 16.2. The second kappa shape index (κ2) is 12.9. The molecule has 7 aromatic carbocycles. The molecule has 0 spiro atoms. The van der Waals surface area contributed by atoms with E-state index in [1.165, 1.54) is 77.2 Å². The molecular formula is C55H39N5. The van der Waals surface area contributed by atoms with Gasteiger partial charge in [0, 0.05) is 60.9 Å². The summed E-state index contributed by atoms with van der Waals surface area (Å²) < 4.78 is 9.80. The number of para-hydroxylation sites is 4. The smallest absolute Gasteiger partial charge is 0.145 e. The summed E-state index contributed by atoms with van der Waals surface area (Å²) in [7, 11) is 0. The summed E-state index contributed by atoms with van der Waals surface area (Å²) in [5, 5.41) is 6.36. The summed E-state index contributed by atoms with van der Waals surface area (Å²) in [6.07, 6.45) is 10.9. The highest BCUT2D eigenvalue weighted by Gasteiger charge is 2.26. The van der Waals surface area contributed by atoms with Gasteiger partial charge >= 0.3 is 0 Å². The summed E-state index contributed by atoms with van der Waals surface area (Å²) in [5.41, 5.74) is 16.9. The highest BCUT2D eigenvalue weighted by atomic mass is 15.1. The highest BCUT2D eigenvalue weighted by Crippen LogP contribution is 2.42. The molecule has 0 bridgehead atoms. The molecular weight excluding hydrogens is 731 g/mol. The van der Waals surface area contributed by atoms with Crippen molar-refractivity contribution in [1.82, 2.24) is 23.3 Å². The normalized spacial score (nSPS) is 13.8. The average Bonchev–Trinajstić information content (AvgIpc) is 4.05. The fourth-order valence-corrected chi connectivity index (χ4v) is 10.3. The number of fused-ring (bicyclic) bond motifs is 10. The predicted octanol–water partition coefficient (Wildman–Crippen LogP) is 13.6. The van der Waals surface area contributed by atoms with Gasteiger partial charge in [0.1, 0.15) is 5.82 Å². The van der Waals surface area contributed by atoms with E-state index in [0.29, 0.717) is 0 Å². The molecule has 5 nitrogen and oxygen atoms in total. The van der Waals surface area contributed by atoms with Crippen molar-refractivity contribution in [3.8, 4) is 28.5 Å². The van der Waals surface area contributed by atoms with E-state index in [1.54, 1.807) is 0 Å². The van der Waals surface area contributed by atoms with Crippen LogP contribution in [0.25, 0.3) is 101 Å². The third-order valence-electron chi connectivity index (χ3n) is 12.9. The number of rotatable bonds is 5. The molecule has 11 aromatic rings. The van der Waals surface area contributed by atoms with E-state index in [-0.39, 0.29) is 0 Å². The minimum absolute atomic E-state index is 0.855. The number of aryl methyl sites for hydroxylation is 2. The molecule has 60 heavy (non-hydrogen) atoms. The topological polar surface area (TPSA) is 32.6 Å². The Labute approximate surface area is 347 Å². The summed E-state index contributed by atoms with van der Waals surface area (Å²) in [6.45, 7) is 0. The summed E-state index contributed by atoms with van der Waals surface area (Å²) >= 11 is 0. The zero-order valence-electron chi connectivity index (χ0n) is 33.0. The molecule has 5 heteroatoms. The van der Waals surface area contributed by atoms with Crippen molar-refractivity contribution in [3.63, 3.8) is 0 Å². The van der Waals surface area contributed by atoms with E-state index < -0.39 is 0 Å². The van der Waals surface area contributed by atoms with E-state index in [1.807, 2.05) is 0 Å². The number of aromatic nitrogens is 5. The van der Waals surface area contributed by atoms with Gasteiger partial charge in [-0.05, 0) is 110 Å². The quantitative estimate of drug-likeness (QED) is 0.172. The number of imidazole rings is 1. The Morgan fingerprint density at radius 2 is 0.967 bits per heavy atom. The molecule has 0 amide bonds. The fraction of sp³-hybridized carbons (Fsp3) is 0.0727. The highest BCUT2D eigenvalue weighted by molar-refractivity contribution is 6.13. The van der Waals surface area contributed by atoms with Crippen LogP contribution in [0.15, 0.2) is 176 Å². The van der Waals surface area contributed by atoms with Crippen molar-refractivity contribution in [1.29, 1.82) is 0 Å². The van der Waals surface area contributed by atoms with Crippen LogP contribution in [0.3, 0.4) is 0 Å². The number of benzene rings is 7. The number of hydrogen-bond acceptors (Lipinski definition) is 1. The van der Waals surface area contributed by atoms with Gasteiger partial charge in [-0.2, -0.15) is 0 Å². The fourth-order valence-electron chi connectivity index (χ4n) is 10.3. The molecule has 284 valence electrons. The Balaban J connectivity index is 1.08. The van der Waals surface area contributed by atoms with Gasteiger partial charge in [0.2, 0.25) is 0 Å². The van der Waals surface area contributed by atoms with Crippen LogP contribution in [-0.2, 0) is 12.8 Å². The van der Waals surface area contributed by atoms with Crippen molar-refractivity contribution < 1.29 is 0 Å².